The van der Waals surface area contributed by atoms with Gasteiger partial charge in [-0.25, -0.2) is 9.37 Å². The molecule has 0 aliphatic rings. The quantitative estimate of drug-likeness (QED) is 0.329. The molecule has 2 aromatic heterocycles. The third kappa shape index (κ3) is 2.59. The Balaban J connectivity index is 1.95. The van der Waals surface area contributed by atoms with Gasteiger partial charge in [0.2, 0.25) is 0 Å². The average Bonchev–Trinajstić information content (AvgIpc) is 3.15. The van der Waals surface area contributed by atoms with E-state index < -0.39 is 0 Å². The highest BCUT2D eigenvalue weighted by atomic mass is 19.1. The normalized spacial score (nSPS) is 11.5. The molecule has 0 saturated carbocycles. The van der Waals surface area contributed by atoms with E-state index in [1.54, 1.807) is 30.1 Å². The fraction of sp³-hybridized carbons (Fsp3) is 0.0526. The number of aromatic nitrogens is 2. The molecule has 4 rings (SSSR count). The highest BCUT2D eigenvalue weighted by molar-refractivity contribution is 5.91. The number of para-hydroxylation sites is 1. The third-order valence-electron chi connectivity index (χ3n) is 4.26. The van der Waals surface area contributed by atoms with Crippen molar-refractivity contribution in [2.24, 2.45) is 10.3 Å². The molecule has 0 spiro atoms. The van der Waals surface area contributed by atoms with Crippen LogP contribution in [0.15, 0.2) is 71.1 Å². The van der Waals surface area contributed by atoms with Gasteiger partial charge in [0.15, 0.2) is 5.82 Å². The molecule has 0 aliphatic heterocycles. The molecule has 0 fully saturated rings. The maximum absolute atomic E-state index is 14.2. The summed E-state index contributed by atoms with van der Waals surface area (Å²) in [5, 5.41) is 6.58. The van der Waals surface area contributed by atoms with Crippen LogP contribution in [0.3, 0.4) is 0 Å². The van der Waals surface area contributed by atoms with Crippen molar-refractivity contribution < 1.29 is 4.39 Å². The van der Waals surface area contributed by atoms with Crippen molar-refractivity contribution in [1.29, 1.82) is 5.53 Å². The smallest absolute Gasteiger partial charge is 0.157 e. The minimum Gasteiger partial charge on any atom is -0.325 e. The van der Waals surface area contributed by atoms with Crippen molar-refractivity contribution in [2.75, 3.05) is 11.9 Å². The van der Waals surface area contributed by atoms with Crippen LogP contribution in [0, 0.1) is 11.3 Å². The number of hydrogen-bond acceptors (Lipinski definition) is 4. The van der Waals surface area contributed by atoms with Gasteiger partial charge in [-0.3, -0.25) is 0 Å². The molecule has 0 radical (unpaired) electrons. The highest BCUT2D eigenvalue weighted by Gasteiger charge is 2.15. The Morgan fingerprint density at radius 3 is 2.77 bits per heavy atom. The molecule has 0 aliphatic carbocycles. The lowest BCUT2D eigenvalue weighted by molar-refractivity contribution is 0.627. The summed E-state index contributed by atoms with van der Waals surface area (Å²) in [5.41, 5.74) is 10.6. The van der Waals surface area contributed by atoms with Gasteiger partial charge in [-0.15, -0.1) is 5.10 Å². The van der Waals surface area contributed by atoms with Crippen LogP contribution in [-0.2, 0) is 0 Å². The van der Waals surface area contributed by atoms with Crippen LogP contribution in [-0.4, -0.2) is 22.6 Å². The zero-order valence-electron chi connectivity index (χ0n) is 14.0. The van der Waals surface area contributed by atoms with E-state index in [2.05, 4.69) is 10.3 Å². The van der Waals surface area contributed by atoms with Crippen LogP contribution in [0.4, 0.5) is 15.9 Å². The number of nitrogens with zero attached hydrogens (tertiary/aromatic N) is 5. The van der Waals surface area contributed by atoms with Crippen molar-refractivity contribution in [1.82, 2.24) is 9.38 Å². The summed E-state index contributed by atoms with van der Waals surface area (Å²) in [7, 11) is 1.80. The van der Waals surface area contributed by atoms with Gasteiger partial charge in [0.25, 0.3) is 0 Å². The summed E-state index contributed by atoms with van der Waals surface area (Å²) >= 11 is 0. The largest absolute Gasteiger partial charge is 0.325 e. The van der Waals surface area contributed by atoms with Gasteiger partial charge >= 0.3 is 0 Å². The summed E-state index contributed by atoms with van der Waals surface area (Å²) in [6.07, 6.45) is 3.44. The molecular weight excluding hydrogens is 331 g/mol. The summed E-state index contributed by atoms with van der Waals surface area (Å²) in [4.78, 5) is 6.50. The topological polar surface area (TPSA) is 69.1 Å². The van der Waals surface area contributed by atoms with Crippen LogP contribution >= 0.6 is 0 Å². The maximum Gasteiger partial charge on any atom is 0.157 e. The molecule has 128 valence electrons. The van der Waals surface area contributed by atoms with Gasteiger partial charge in [0.1, 0.15) is 5.82 Å². The van der Waals surface area contributed by atoms with Crippen molar-refractivity contribution in [3.63, 3.8) is 0 Å². The third-order valence-corrected chi connectivity index (χ3v) is 4.26. The summed E-state index contributed by atoms with van der Waals surface area (Å²) in [5.74, 6) is 0.339. The van der Waals surface area contributed by atoms with Gasteiger partial charge in [0.05, 0.1) is 28.5 Å². The standard InChI is InChI=1S/C19H15FN6/c1-25(16-6-3-2-5-14(16)20)19-18-7-4-10-26(18)17-9-8-13(12-22-24-21)11-15(17)23-19/h2-12,21H,1H3. The Hall–Kier alpha value is -3.61. The van der Waals surface area contributed by atoms with Gasteiger partial charge < -0.3 is 9.30 Å². The van der Waals surface area contributed by atoms with Crippen LogP contribution in [0.2, 0.25) is 0 Å². The second-order valence-corrected chi connectivity index (χ2v) is 5.80. The van der Waals surface area contributed by atoms with E-state index in [0.29, 0.717) is 11.5 Å². The Kier molecular flexibility index (Phi) is 3.89. The van der Waals surface area contributed by atoms with E-state index in [4.69, 9.17) is 10.5 Å². The number of fused-ring (bicyclic) bond motifs is 3. The molecule has 2 aromatic carbocycles. The van der Waals surface area contributed by atoms with E-state index in [0.717, 1.165) is 22.1 Å². The van der Waals surface area contributed by atoms with Crippen LogP contribution in [0.1, 0.15) is 5.56 Å². The Morgan fingerprint density at radius 2 is 1.96 bits per heavy atom. The molecule has 0 amide bonds. The van der Waals surface area contributed by atoms with Gasteiger partial charge in [-0.2, -0.15) is 5.53 Å². The van der Waals surface area contributed by atoms with Gasteiger partial charge in [0, 0.05) is 13.2 Å². The first-order valence-electron chi connectivity index (χ1n) is 7.98. The fourth-order valence-electron chi connectivity index (χ4n) is 3.04. The monoisotopic (exact) mass is 346 g/mol. The molecule has 7 heteroatoms. The SMILES string of the molecule is CN(c1ccccc1F)c1nc2cc(C=NN=N)ccc2n2cccc12. The molecule has 0 bridgehead atoms. The van der Waals surface area contributed by atoms with Crippen LogP contribution in [0.25, 0.3) is 16.6 Å². The molecule has 0 unspecified atom stereocenters. The minimum absolute atomic E-state index is 0.306. The molecule has 1 N–H and O–H groups in total. The molecule has 0 atom stereocenters. The average molecular weight is 346 g/mol. The van der Waals surface area contributed by atoms with Crippen molar-refractivity contribution in [3.05, 3.63) is 72.2 Å². The molecule has 0 saturated heterocycles. The number of halogens is 1. The predicted octanol–water partition coefficient (Wildman–Crippen LogP) is 4.76. The molecule has 2 heterocycles. The summed E-state index contributed by atoms with van der Waals surface area (Å²) in [6, 6.07) is 16.2. The fourth-order valence-corrected chi connectivity index (χ4v) is 3.04. The Labute approximate surface area is 148 Å². The zero-order valence-corrected chi connectivity index (χ0v) is 14.0. The number of benzene rings is 2. The van der Waals surface area contributed by atoms with E-state index in [1.807, 2.05) is 40.9 Å². The van der Waals surface area contributed by atoms with Gasteiger partial charge in [-0.05, 0) is 42.0 Å². The number of rotatable bonds is 4. The van der Waals surface area contributed by atoms with E-state index in [9.17, 15) is 4.39 Å². The molecular formula is C19H15FN6. The van der Waals surface area contributed by atoms with Crippen LogP contribution in [0.5, 0.6) is 0 Å². The van der Waals surface area contributed by atoms with E-state index >= 15 is 0 Å². The Bertz CT molecular complexity index is 1150. The summed E-state index contributed by atoms with van der Waals surface area (Å²) < 4.78 is 16.3. The second kappa shape index (κ2) is 6.36. The zero-order chi connectivity index (χ0) is 18.1. The summed E-state index contributed by atoms with van der Waals surface area (Å²) in [6.45, 7) is 0. The molecule has 6 nitrogen and oxygen atoms in total. The van der Waals surface area contributed by atoms with E-state index in [-0.39, 0.29) is 5.82 Å². The second-order valence-electron chi connectivity index (χ2n) is 5.80. The lowest BCUT2D eigenvalue weighted by atomic mass is 10.2. The Morgan fingerprint density at radius 1 is 1.12 bits per heavy atom. The lowest BCUT2D eigenvalue weighted by Gasteiger charge is -2.21. The van der Waals surface area contributed by atoms with Crippen molar-refractivity contribution in [3.8, 4) is 0 Å². The lowest BCUT2D eigenvalue weighted by Crippen LogP contribution is -2.14. The molecule has 4 aromatic rings. The van der Waals surface area contributed by atoms with Crippen molar-refractivity contribution in [2.45, 2.75) is 0 Å². The highest BCUT2D eigenvalue weighted by Crippen LogP contribution is 2.31. The van der Waals surface area contributed by atoms with E-state index in [1.165, 1.54) is 12.3 Å². The van der Waals surface area contributed by atoms with Crippen LogP contribution < -0.4 is 4.90 Å². The number of nitrogens with one attached hydrogen (secondary N) is 1. The number of hydrogen-bond donors (Lipinski definition) is 1. The first-order chi connectivity index (χ1) is 12.7. The first-order valence-corrected chi connectivity index (χ1v) is 7.98. The van der Waals surface area contributed by atoms with Crippen molar-refractivity contribution >= 4 is 34.3 Å². The maximum atomic E-state index is 14.2. The minimum atomic E-state index is -0.306. The number of anilines is 2. The molecule has 26 heavy (non-hydrogen) atoms. The van der Waals surface area contributed by atoms with Gasteiger partial charge in [-0.1, -0.05) is 23.4 Å². The predicted molar refractivity (Wildman–Crippen MR) is 99.9 cm³/mol. The first kappa shape index (κ1) is 15.9.